The molecule has 1 unspecified atom stereocenters. The Morgan fingerprint density at radius 1 is 1.42 bits per heavy atom. The molecule has 0 aliphatic rings. The third-order valence-electron chi connectivity index (χ3n) is 2.57. The number of nitrogens with zero attached hydrogens (tertiary/aromatic N) is 2. The number of nitrogens with one attached hydrogen (secondary N) is 1. The Balaban J connectivity index is 2.29. The van der Waals surface area contributed by atoms with E-state index in [9.17, 15) is 0 Å². The van der Waals surface area contributed by atoms with E-state index in [4.69, 9.17) is 9.47 Å². The largest absolute Gasteiger partial charge is 0.472 e. The van der Waals surface area contributed by atoms with Gasteiger partial charge in [-0.15, -0.1) is 11.3 Å². The van der Waals surface area contributed by atoms with E-state index >= 15 is 0 Å². The molecule has 1 atom stereocenters. The number of thiophene rings is 1. The van der Waals surface area contributed by atoms with E-state index in [0.717, 1.165) is 10.2 Å². The van der Waals surface area contributed by atoms with Crippen LogP contribution >= 0.6 is 11.3 Å². The SMILES string of the molecule is CCOCC(C)Oc1nc(NC)nc2sc(C)cc12. The second-order valence-corrected chi connectivity index (χ2v) is 5.50. The minimum Gasteiger partial charge on any atom is -0.472 e. The van der Waals surface area contributed by atoms with Gasteiger partial charge in [0.1, 0.15) is 10.9 Å². The summed E-state index contributed by atoms with van der Waals surface area (Å²) in [6.45, 7) is 7.24. The predicted molar refractivity (Wildman–Crippen MR) is 78.3 cm³/mol. The van der Waals surface area contributed by atoms with Crippen molar-refractivity contribution in [3.8, 4) is 5.88 Å². The van der Waals surface area contributed by atoms with Gasteiger partial charge in [-0.3, -0.25) is 0 Å². The highest BCUT2D eigenvalue weighted by molar-refractivity contribution is 7.18. The molecule has 104 valence electrons. The first-order valence-corrected chi connectivity index (χ1v) is 7.16. The number of hydrogen-bond donors (Lipinski definition) is 1. The summed E-state index contributed by atoms with van der Waals surface area (Å²) in [6.07, 6.45) is -0.0389. The lowest BCUT2D eigenvalue weighted by Crippen LogP contribution is -2.20. The normalized spacial score (nSPS) is 12.6. The van der Waals surface area contributed by atoms with Crippen LogP contribution in [0.25, 0.3) is 10.2 Å². The number of fused-ring (bicyclic) bond motifs is 1. The van der Waals surface area contributed by atoms with Crippen LogP contribution in [0.3, 0.4) is 0 Å². The second-order valence-electron chi connectivity index (χ2n) is 4.27. The highest BCUT2D eigenvalue weighted by Crippen LogP contribution is 2.31. The van der Waals surface area contributed by atoms with Crippen LogP contribution in [-0.2, 0) is 4.74 Å². The van der Waals surface area contributed by atoms with E-state index in [1.165, 1.54) is 4.88 Å². The van der Waals surface area contributed by atoms with Crippen LogP contribution in [0.5, 0.6) is 5.88 Å². The van der Waals surface area contributed by atoms with Crippen LogP contribution in [0.4, 0.5) is 5.95 Å². The van der Waals surface area contributed by atoms with Crippen molar-refractivity contribution in [1.82, 2.24) is 9.97 Å². The lowest BCUT2D eigenvalue weighted by molar-refractivity contribution is 0.0643. The summed E-state index contributed by atoms with van der Waals surface area (Å²) in [6, 6.07) is 2.06. The topological polar surface area (TPSA) is 56.3 Å². The average Bonchev–Trinajstić information content (AvgIpc) is 2.76. The summed E-state index contributed by atoms with van der Waals surface area (Å²) in [5.74, 6) is 1.19. The molecule has 0 fully saturated rings. The van der Waals surface area contributed by atoms with Crippen LogP contribution < -0.4 is 10.1 Å². The molecule has 6 heteroatoms. The molecule has 0 aromatic carbocycles. The zero-order valence-corrected chi connectivity index (χ0v) is 12.5. The summed E-state index contributed by atoms with van der Waals surface area (Å²) < 4.78 is 11.2. The molecule has 1 N–H and O–H groups in total. The van der Waals surface area contributed by atoms with Crippen molar-refractivity contribution in [2.45, 2.75) is 26.9 Å². The zero-order chi connectivity index (χ0) is 13.8. The molecular formula is C13H19N3O2S. The second kappa shape index (κ2) is 6.16. The quantitative estimate of drug-likeness (QED) is 0.882. The fourth-order valence-electron chi connectivity index (χ4n) is 1.73. The molecular weight excluding hydrogens is 262 g/mol. The highest BCUT2D eigenvalue weighted by atomic mass is 32.1. The van der Waals surface area contributed by atoms with Crippen LogP contribution in [0.2, 0.25) is 0 Å². The van der Waals surface area contributed by atoms with Crippen molar-refractivity contribution in [3.63, 3.8) is 0 Å². The van der Waals surface area contributed by atoms with Gasteiger partial charge in [-0.25, -0.2) is 4.98 Å². The number of hydrogen-bond acceptors (Lipinski definition) is 6. The van der Waals surface area contributed by atoms with Crippen LogP contribution in [-0.4, -0.2) is 36.3 Å². The van der Waals surface area contributed by atoms with Crippen molar-refractivity contribution in [2.24, 2.45) is 0 Å². The number of aryl methyl sites for hydroxylation is 1. The molecule has 2 aromatic heterocycles. The van der Waals surface area contributed by atoms with Crippen molar-refractivity contribution < 1.29 is 9.47 Å². The van der Waals surface area contributed by atoms with Gasteiger partial charge in [0.2, 0.25) is 11.8 Å². The van der Waals surface area contributed by atoms with E-state index < -0.39 is 0 Å². The van der Waals surface area contributed by atoms with Crippen molar-refractivity contribution in [3.05, 3.63) is 10.9 Å². The Bertz CT molecular complexity index is 556. The van der Waals surface area contributed by atoms with Crippen molar-refractivity contribution >= 4 is 27.5 Å². The first kappa shape index (κ1) is 14.0. The van der Waals surface area contributed by atoms with E-state index in [1.54, 1.807) is 18.4 Å². The Morgan fingerprint density at radius 2 is 2.21 bits per heavy atom. The molecule has 0 bridgehead atoms. The zero-order valence-electron chi connectivity index (χ0n) is 11.7. The van der Waals surface area contributed by atoms with Crippen LogP contribution in [0, 0.1) is 6.92 Å². The lowest BCUT2D eigenvalue weighted by atomic mass is 10.3. The summed E-state index contributed by atoms with van der Waals surface area (Å²) in [5, 5.41) is 3.92. The summed E-state index contributed by atoms with van der Waals surface area (Å²) in [7, 11) is 1.80. The maximum Gasteiger partial charge on any atom is 0.227 e. The summed E-state index contributed by atoms with van der Waals surface area (Å²) in [4.78, 5) is 11.0. The maximum absolute atomic E-state index is 5.88. The van der Waals surface area contributed by atoms with Gasteiger partial charge in [0.15, 0.2) is 0 Å². The van der Waals surface area contributed by atoms with E-state index in [2.05, 4.69) is 28.3 Å². The minimum atomic E-state index is -0.0389. The number of ether oxygens (including phenoxy) is 2. The smallest absolute Gasteiger partial charge is 0.227 e. The lowest BCUT2D eigenvalue weighted by Gasteiger charge is -2.14. The minimum absolute atomic E-state index is 0.0389. The first-order valence-electron chi connectivity index (χ1n) is 6.34. The van der Waals surface area contributed by atoms with Crippen LogP contribution in [0.15, 0.2) is 6.07 Å². The Morgan fingerprint density at radius 3 is 2.89 bits per heavy atom. The molecule has 19 heavy (non-hydrogen) atoms. The Labute approximate surface area is 117 Å². The molecule has 0 spiro atoms. The molecule has 2 heterocycles. The molecule has 0 amide bonds. The van der Waals surface area contributed by atoms with Gasteiger partial charge in [0.25, 0.3) is 0 Å². The maximum atomic E-state index is 5.88. The Kier molecular flexibility index (Phi) is 4.55. The third kappa shape index (κ3) is 3.33. The standard InChI is InChI=1S/C13H19N3O2S/c1-5-17-7-8(2)18-11-10-6-9(3)19-12(10)16-13(14-4)15-11/h6,8H,5,7H2,1-4H3,(H,14,15,16). The molecule has 0 radical (unpaired) electrons. The van der Waals surface area contributed by atoms with Gasteiger partial charge in [0, 0.05) is 18.5 Å². The molecule has 2 rings (SSSR count). The van der Waals surface area contributed by atoms with Gasteiger partial charge in [-0.05, 0) is 26.8 Å². The third-order valence-corrected chi connectivity index (χ3v) is 3.52. The van der Waals surface area contributed by atoms with Crippen molar-refractivity contribution in [1.29, 1.82) is 0 Å². The van der Waals surface area contributed by atoms with E-state index in [0.29, 0.717) is 25.0 Å². The van der Waals surface area contributed by atoms with Gasteiger partial charge < -0.3 is 14.8 Å². The van der Waals surface area contributed by atoms with Crippen molar-refractivity contribution in [2.75, 3.05) is 25.6 Å². The summed E-state index contributed by atoms with van der Waals surface area (Å²) >= 11 is 1.64. The molecule has 0 saturated carbocycles. The van der Waals surface area contributed by atoms with E-state index in [1.807, 2.05) is 13.8 Å². The summed E-state index contributed by atoms with van der Waals surface area (Å²) in [5.41, 5.74) is 0. The Hall–Kier alpha value is -1.40. The van der Waals surface area contributed by atoms with Gasteiger partial charge in [-0.1, -0.05) is 0 Å². The van der Waals surface area contributed by atoms with Gasteiger partial charge in [0.05, 0.1) is 12.0 Å². The monoisotopic (exact) mass is 281 g/mol. The molecule has 0 aliphatic carbocycles. The van der Waals surface area contributed by atoms with E-state index in [-0.39, 0.29) is 6.10 Å². The first-order chi connectivity index (χ1) is 9.13. The molecule has 2 aromatic rings. The molecule has 0 saturated heterocycles. The van der Waals surface area contributed by atoms with Gasteiger partial charge in [-0.2, -0.15) is 4.98 Å². The molecule has 5 nitrogen and oxygen atoms in total. The molecule has 0 aliphatic heterocycles. The fraction of sp³-hybridized carbons (Fsp3) is 0.538. The average molecular weight is 281 g/mol. The predicted octanol–water partition coefficient (Wildman–Crippen LogP) is 2.85. The number of anilines is 1. The fourth-order valence-corrected chi connectivity index (χ4v) is 2.60. The highest BCUT2D eigenvalue weighted by Gasteiger charge is 2.14. The van der Waals surface area contributed by atoms with Gasteiger partial charge >= 0.3 is 0 Å². The number of aromatic nitrogens is 2. The van der Waals surface area contributed by atoms with Crippen LogP contribution in [0.1, 0.15) is 18.7 Å². The number of rotatable bonds is 6.